The Morgan fingerprint density at radius 3 is 1.88 bits per heavy atom. The van der Waals surface area contributed by atoms with E-state index in [0.29, 0.717) is 6.54 Å². The second kappa shape index (κ2) is 13.6. The number of hydrogen-bond donors (Lipinski definition) is 0. The number of aliphatic imine (C=N–C) groups is 2. The highest BCUT2D eigenvalue weighted by Crippen LogP contribution is 2.46. The van der Waals surface area contributed by atoms with Crippen LogP contribution in [0.25, 0.3) is 60.6 Å². The van der Waals surface area contributed by atoms with Crippen molar-refractivity contribution < 1.29 is 0 Å². The lowest BCUT2D eigenvalue weighted by atomic mass is 9.90. The molecule has 8 aromatic carbocycles. The van der Waals surface area contributed by atoms with Crippen LogP contribution in [0.2, 0.25) is 0 Å². The van der Waals surface area contributed by atoms with Gasteiger partial charge in [-0.1, -0.05) is 170 Å². The van der Waals surface area contributed by atoms with Crippen LogP contribution in [0.15, 0.2) is 192 Å². The maximum absolute atomic E-state index is 5.32. The third kappa shape index (κ3) is 5.85. The second-order valence-corrected chi connectivity index (χ2v) is 13.4. The maximum Gasteiger partial charge on any atom is 0.0716 e. The molecule has 2 nitrogen and oxygen atoms in total. The summed E-state index contributed by atoms with van der Waals surface area (Å²) in [5, 5.41) is 5.06. The predicted octanol–water partition coefficient (Wildman–Crippen LogP) is 12.6. The molecule has 8 aromatic rings. The minimum absolute atomic E-state index is 0.537. The van der Waals surface area contributed by atoms with Crippen LogP contribution in [0, 0.1) is 0 Å². The highest BCUT2D eigenvalue weighted by atomic mass is 14.8. The number of rotatable bonds is 8. The van der Waals surface area contributed by atoms with Gasteiger partial charge in [0.2, 0.25) is 0 Å². The zero-order valence-electron chi connectivity index (χ0n) is 28.8. The number of allylic oxidation sites excluding steroid dienone is 1. The molecule has 246 valence electrons. The van der Waals surface area contributed by atoms with Gasteiger partial charge >= 0.3 is 0 Å². The van der Waals surface area contributed by atoms with Crippen LogP contribution in [-0.4, -0.2) is 12.4 Å². The van der Waals surface area contributed by atoms with Gasteiger partial charge in [-0.15, -0.1) is 0 Å². The van der Waals surface area contributed by atoms with Crippen molar-refractivity contribution in [3.63, 3.8) is 0 Å². The predicted molar refractivity (Wildman–Crippen MR) is 221 cm³/mol. The van der Waals surface area contributed by atoms with Gasteiger partial charge in [0, 0.05) is 5.56 Å². The molecule has 0 bridgehead atoms. The summed E-state index contributed by atoms with van der Waals surface area (Å²) < 4.78 is 0. The molecule has 0 unspecified atom stereocenters. The first-order valence-electron chi connectivity index (χ1n) is 17.8. The molecule has 0 aromatic heterocycles. The second-order valence-electron chi connectivity index (χ2n) is 13.4. The maximum atomic E-state index is 5.32. The molecule has 0 atom stereocenters. The van der Waals surface area contributed by atoms with Gasteiger partial charge in [-0.3, -0.25) is 9.98 Å². The van der Waals surface area contributed by atoms with E-state index in [2.05, 4.69) is 169 Å². The van der Waals surface area contributed by atoms with Gasteiger partial charge in [-0.25, -0.2) is 0 Å². The van der Waals surface area contributed by atoms with Gasteiger partial charge in [0.15, 0.2) is 0 Å². The molecule has 0 fully saturated rings. The van der Waals surface area contributed by atoms with E-state index in [0.717, 1.165) is 29.0 Å². The average molecular weight is 665 g/mol. The van der Waals surface area contributed by atoms with Crippen molar-refractivity contribution in [1.29, 1.82) is 0 Å². The first-order valence-corrected chi connectivity index (χ1v) is 17.8. The van der Waals surface area contributed by atoms with Crippen LogP contribution in [-0.2, 0) is 13.0 Å². The van der Waals surface area contributed by atoms with Crippen LogP contribution in [0.5, 0.6) is 0 Å². The van der Waals surface area contributed by atoms with Gasteiger partial charge in [0.1, 0.15) is 0 Å². The van der Waals surface area contributed by atoms with Gasteiger partial charge in [-0.05, 0) is 102 Å². The largest absolute Gasteiger partial charge is 0.280 e. The summed E-state index contributed by atoms with van der Waals surface area (Å²) >= 11 is 0. The molecule has 52 heavy (non-hydrogen) atoms. The van der Waals surface area contributed by atoms with Gasteiger partial charge in [0.05, 0.1) is 18.0 Å². The van der Waals surface area contributed by atoms with E-state index in [4.69, 9.17) is 4.99 Å². The molecule has 1 aliphatic rings. The molecule has 0 radical (unpaired) electrons. The third-order valence-electron chi connectivity index (χ3n) is 10.3. The molecule has 1 aliphatic carbocycles. The van der Waals surface area contributed by atoms with Crippen molar-refractivity contribution in [1.82, 2.24) is 0 Å². The summed E-state index contributed by atoms with van der Waals surface area (Å²) in [6.45, 7) is 4.44. The van der Waals surface area contributed by atoms with Gasteiger partial charge in [-0.2, -0.15) is 0 Å². The lowest BCUT2D eigenvalue weighted by Crippen LogP contribution is -2.01. The first-order chi connectivity index (χ1) is 25.7. The highest BCUT2D eigenvalue weighted by Gasteiger charge is 2.25. The van der Waals surface area contributed by atoms with E-state index >= 15 is 0 Å². The monoisotopic (exact) mass is 664 g/mol. The Morgan fingerprint density at radius 1 is 0.538 bits per heavy atom. The molecule has 0 saturated carbocycles. The van der Waals surface area contributed by atoms with Crippen molar-refractivity contribution in [2.45, 2.75) is 13.0 Å². The molecule has 2 heteroatoms. The zero-order chi connectivity index (χ0) is 34.9. The summed E-state index contributed by atoms with van der Waals surface area (Å²) in [6.07, 6.45) is 2.95. The van der Waals surface area contributed by atoms with Crippen molar-refractivity contribution in [3.8, 4) is 33.4 Å². The van der Waals surface area contributed by atoms with Gasteiger partial charge in [0.25, 0.3) is 0 Å². The Labute approximate surface area is 304 Å². The fraction of sp³-hybridized carbons (Fsp3) is 0.0400. The lowest BCUT2D eigenvalue weighted by Gasteiger charge is -2.15. The van der Waals surface area contributed by atoms with E-state index in [9.17, 15) is 0 Å². The lowest BCUT2D eigenvalue weighted by molar-refractivity contribution is 1.07. The molecule has 0 N–H and O–H groups in total. The Morgan fingerprint density at radius 2 is 1.15 bits per heavy atom. The van der Waals surface area contributed by atoms with Crippen LogP contribution < -0.4 is 0 Å². The highest BCUT2D eigenvalue weighted by molar-refractivity contribution is 6.12. The molecular weight excluding hydrogens is 629 g/mol. The van der Waals surface area contributed by atoms with E-state index in [-0.39, 0.29) is 0 Å². The third-order valence-corrected chi connectivity index (χ3v) is 10.3. The Bertz CT molecular complexity index is 2660. The number of fused-ring (bicyclic) bond motifs is 5. The van der Waals surface area contributed by atoms with Crippen LogP contribution in [0.4, 0.5) is 0 Å². The number of benzene rings is 8. The van der Waals surface area contributed by atoms with E-state index in [1.54, 1.807) is 0 Å². The zero-order valence-corrected chi connectivity index (χ0v) is 28.8. The van der Waals surface area contributed by atoms with Crippen LogP contribution in [0.1, 0.15) is 27.8 Å². The summed E-state index contributed by atoms with van der Waals surface area (Å²) in [6, 6.07) is 62.9. The Balaban J connectivity index is 1.16. The van der Waals surface area contributed by atoms with Crippen LogP contribution in [0.3, 0.4) is 0 Å². The van der Waals surface area contributed by atoms with Crippen molar-refractivity contribution in [2.24, 2.45) is 9.98 Å². The van der Waals surface area contributed by atoms with E-state index in [1.807, 2.05) is 24.3 Å². The topological polar surface area (TPSA) is 24.7 Å². The molecule has 0 heterocycles. The fourth-order valence-corrected chi connectivity index (χ4v) is 7.74. The van der Waals surface area contributed by atoms with E-state index < -0.39 is 0 Å². The molecule has 0 aliphatic heterocycles. The summed E-state index contributed by atoms with van der Waals surface area (Å²) in [5.74, 6) is 0. The summed E-state index contributed by atoms with van der Waals surface area (Å²) in [4.78, 5) is 9.73. The molecule has 0 saturated heterocycles. The molecular formula is C50H36N2. The number of nitrogens with zero attached hydrogens (tertiary/aromatic N) is 2. The first kappa shape index (κ1) is 31.3. The standard InChI is InChI=1S/C50H36N2/c1-51-48(37-14-4-2-5-15-37)32-49(38-16-6-3-7-17-38)52-33-41-27-28-45(47-31-42-29-39-18-8-9-19-40(39)30-46(42)50(41)47)36-25-23-35(24-26-36)44-22-12-20-34-13-10-11-21-43(34)44/h2-30,32H,1,31,33H2/b48-32-,52-49?. The van der Waals surface area contributed by atoms with E-state index in [1.165, 1.54) is 71.6 Å². The molecule has 9 rings (SSSR count). The quantitative estimate of drug-likeness (QED) is 0.144. The van der Waals surface area contributed by atoms with Crippen molar-refractivity contribution >= 4 is 39.7 Å². The average Bonchev–Trinajstić information content (AvgIpc) is 3.59. The Hall–Kier alpha value is -6.64. The van der Waals surface area contributed by atoms with Crippen LogP contribution >= 0.6 is 0 Å². The summed E-state index contributed by atoms with van der Waals surface area (Å²) in [7, 11) is 0. The van der Waals surface area contributed by atoms with Crippen molar-refractivity contribution in [2.75, 3.05) is 0 Å². The molecule has 0 amide bonds. The normalized spacial score (nSPS) is 12.5. The SMILES string of the molecule is C=N/C(=C\C(=NCc1ccc(-c2ccc(-c3cccc4ccccc34)cc2)c2c1-c1cc3ccccc3cc1C2)c1ccccc1)c1ccccc1. The minimum Gasteiger partial charge on any atom is -0.280 e. The number of hydrogen-bond acceptors (Lipinski definition) is 2. The Kier molecular flexibility index (Phi) is 8.19. The summed E-state index contributed by atoms with van der Waals surface area (Å²) in [5.41, 5.74) is 15.3. The fourth-order valence-electron chi connectivity index (χ4n) is 7.74. The van der Waals surface area contributed by atoms with Gasteiger partial charge < -0.3 is 0 Å². The van der Waals surface area contributed by atoms with Crippen molar-refractivity contribution in [3.05, 3.63) is 210 Å². The minimum atomic E-state index is 0.537. The molecule has 0 spiro atoms. The smallest absolute Gasteiger partial charge is 0.0716 e.